The fourth-order valence-corrected chi connectivity index (χ4v) is 3.29. The van der Waals surface area contributed by atoms with Gasteiger partial charge in [0.2, 0.25) is 0 Å². The van der Waals surface area contributed by atoms with Crippen LogP contribution in [0.25, 0.3) is 0 Å². The molecule has 0 aliphatic carbocycles. The van der Waals surface area contributed by atoms with E-state index in [-0.39, 0.29) is 17.8 Å². The van der Waals surface area contributed by atoms with Gasteiger partial charge in [-0.25, -0.2) is 0 Å². The van der Waals surface area contributed by atoms with E-state index in [1.54, 1.807) is 0 Å². The number of hydrogen-bond acceptors (Lipinski definition) is 1. The molecule has 0 atom stereocenters. The smallest absolute Gasteiger partial charge is 0.111 e. The van der Waals surface area contributed by atoms with Crippen LogP contribution in [0.1, 0.15) is 24.5 Å². The normalized spacial score (nSPS) is 16.6. The van der Waals surface area contributed by atoms with Crippen LogP contribution in [-0.4, -0.2) is 23.8 Å². The summed E-state index contributed by atoms with van der Waals surface area (Å²) in [5.74, 6) is 0.734. The SMILES string of the molecule is CCN1CCC(c2ccccc2)(c2ccccc2)C1=N.Cl. The molecule has 3 rings (SSSR count). The first-order chi connectivity index (χ1) is 9.79. The largest absolute Gasteiger partial charge is 0.360 e. The minimum atomic E-state index is -0.279. The molecule has 0 spiro atoms. The number of rotatable bonds is 3. The van der Waals surface area contributed by atoms with Crippen molar-refractivity contribution in [3.05, 3.63) is 71.8 Å². The zero-order valence-corrected chi connectivity index (χ0v) is 13.1. The Labute approximate surface area is 132 Å². The van der Waals surface area contributed by atoms with Gasteiger partial charge in [-0.1, -0.05) is 60.7 Å². The molecule has 1 heterocycles. The first kappa shape index (κ1) is 15.6. The highest BCUT2D eigenvalue weighted by molar-refractivity contribution is 5.96. The van der Waals surface area contributed by atoms with Gasteiger partial charge in [0.1, 0.15) is 5.84 Å². The lowest BCUT2D eigenvalue weighted by atomic mass is 9.73. The standard InChI is InChI=1S/C18H20N2.ClH/c1-2-20-14-13-18(17(20)19,15-9-5-3-6-10-15)16-11-7-4-8-12-16;/h3-12,19H,2,13-14H2,1H3;1H. The summed E-state index contributed by atoms with van der Waals surface area (Å²) in [7, 11) is 0. The molecule has 1 N–H and O–H groups in total. The Balaban J connectivity index is 0.00000161. The second kappa shape index (κ2) is 6.31. The third kappa shape index (κ3) is 2.44. The van der Waals surface area contributed by atoms with E-state index < -0.39 is 0 Å². The number of hydrogen-bond donors (Lipinski definition) is 1. The van der Waals surface area contributed by atoms with Crippen LogP contribution < -0.4 is 0 Å². The number of benzene rings is 2. The van der Waals surface area contributed by atoms with Crippen molar-refractivity contribution >= 4 is 18.2 Å². The quantitative estimate of drug-likeness (QED) is 0.908. The Bertz CT molecular complexity index is 556. The van der Waals surface area contributed by atoms with Crippen molar-refractivity contribution in [2.75, 3.05) is 13.1 Å². The molecule has 3 heteroatoms. The number of nitrogens with one attached hydrogen (secondary N) is 1. The molecule has 0 radical (unpaired) electrons. The van der Waals surface area contributed by atoms with E-state index in [0.29, 0.717) is 0 Å². The molecular weight excluding hydrogens is 280 g/mol. The lowest BCUT2D eigenvalue weighted by Crippen LogP contribution is -2.38. The van der Waals surface area contributed by atoms with Crippen molar-refractivity contribution in [3.8, 4) is 0 Å². The Morgan fingerprint density at radius 1 is 0.952 bits per heavy atom. The number of likely N-dealkylation sites (tertiary alicyclic amines) is 1. The summed E-state index contributed by atoms with van der Waals surface area (Å²) in [6.45, 7) is 3.99. The van der Waals surface area contributed by atoms with Gasteiger partial charge in [0.15, 0.2) is 0 Å². The Morgan fingerprint density at radius 2 is 1.43 bits per heavy atom. The second-order valence-electron chi connectivity index (χ2n) is 5.32. The summed E-state index contributed by atoms with van der Waals surface area (Å²) in [6, 6.07) is 21.0. The van der Waals surface area contributed by atoms with E-state index in [2.05, 4.69) is 60.4 Å². The summed E-state index contributed by atoms with van der Waals surface area (Å²) < 4.78 is 0. The van der Waals surface area contributed by atoms with Crippen molar-refractivity contribution < 1.29 is 0 Å². The first-order valence-corrected chi connectivity index (χ1v) is 7.24. The topological polar surface area (TPSA) is 27.1 Å². The Kier molecular flexibility index (Phi) is 4.69. The summed E-state index contributed by atoms with van der Waals surface area (Å²) >= 11 is 0. The molecule has 0 unspecified atom stereocenters. The van der Waals surface area contributed by atoms with Gasteiger partial charge < -0.3 is 4.90 Å². The minimum absolute atomic E-state index is 0. The average Bonchev–Trinajstić information content (AvgIpc) is 2.87. The van der Waals surface area contributed by atoms with Crippen LogP contribution in [0.3, 0.4) is 0 Å². The van der Waals surface area contributed by atoms with E-state index in [9.17, 15) is 0 Å². The third-order valence-electron chi connectivity index (χ3n) is 4.39. The Morgan fingerprint density at radius 3 is 1.81 bits per heavy atom. The van der Waals surface area contributed by atoms with Crippen LogP contribution in [0.4, 0.5) is 0 Å². The molecule has 0 amide bonds. The molecule has 0 bridgehead atoms. The van der Waals surface area contributed by atoms with E-state index in [1.807, 2.05) is 12.1 Å². The lowest BCUT2D eigenvalue weighted by molar-refractivity contribution is 0.476. The van der Waals surface area contributed by atoms with Gasteiger partial charge in [-0.3, -0.25) is 5.41 Å². The molecule has 2 nitrogen and oxygen atoms in total. The van der Waals surface area contributed by atoms with Gasteiger partial charge in [0.05, 0.1) is 5.41 Å². The van der Waals surface area contributed by atoms with Crippen LogP contribution in [0, 0.1) is 5.41 Å². The van der Waals surface area contributed by atoms with Crippen LogP contribution >= 0.6 is 12.4 Å². The second-order valence-corrected chi connectivity index (χ2v) is 5.32. The van der Waals surface area contributed by atoms with E-state index >= 15 is 0 Å². The molecule has 1 saturated heterocycles. The van der Waals surface area contributed by atoms with Gasteiger partial charge in [-0.05, 0) is 24.5 Å². The van der Waals surface area contributed by atoms with Gasteiger partial charge in [0.25, 0.3) is 0 Å². The molecule has 0 saturated carbocycles. The van der Waals surface area contributed by atoms with Gasteiger partial charge in [-0.2, -0.15) is 0 Å². The molecule has 2 aromatic carbocycles. The minimum Gasteiger partial charge on any atom is -0.360 e. The predicted molar refractivity (Wildman–Crippen MR) is 90.5 cm³/mol. The predicted octanol–water partition coefficient (Wildman–Crippen LogP) is 4.10. The first-order valence-electron chi connectivity index (χ1n) is 7.24. The van der Waals surface area contributed by atoms with E-state index in [0.717, 1.165) is 25.3 Å². The maximum absolute atomic E-state index is 8.71. The third-order valence-corrected chi connectivity index (χ3v) is 4.39. The van der Waals surface area contributed by atoms with Gasteiger partial charge in [0, 0.05) is 13.1 Å². The van der Waals surface area contributed by atoms with Crippen LogP contribution in [0.5, 0.6) is 0 Å². The van der Waals surface area contributed by atoms with Crippen molar-refractivity contribution in [1.82, 2.24) is 4.90 Å². The molecule has 1 aliphatic heterocycles. The average molecular weight is 301 g/mol. The highest BCUT2D eigenvalue weighted by Gasteiger charge is 2.45. The maximum Gasteiger partial charge on any atom is 0.111 e. The molecule has 0 aromatic heterocycles. The Hall–Kier alpha value is -1.80. The number of likely N-dealkylation sites (N-methyl/N-ethyl adjacent to an activating group) is 1. The molecular formula is C18H21ClN2. The number of amidine groups is 1. The zero-order valence-electron chi connectivity index (χ0n) is 12.3. The lowest BCUT2D eigenvalue weighted by Gasteiger charge is -2.31. The van der Waals surface area contributed by atoms with E-state index in [4.69, 9.17) is 5.41 Å². The van der Waals surface area contributed by atoms with Crippen LogP contribution in [0.2, 0.25) is 0 Å². The maximum atomic E-state index is 8.71. The molecule has 1 aliphatic rings. The monoisotopic (exact) mass is 300 g/mol. The fraction of sp³-hybridized carbons (Fsp3) is 0.278. The van der Waals surface area contributed by atoms with Crippen LogP contribution in [-0.2, 0) is 5.41 Å². The summed E-state index contributed by atoms with van der Waals surface area (Å²) in [6.07, 6.45) is 0.980. The highest BCUT2D eigenvalue weighted by atomic mass is 35.5. The van der Waals surface area contributed by atoms with Crippen molar-refractivity contribution in [2.45, 2.75) is 18.8 Å². The summed E-state index contributed by atoms with van der Waals surface area (Å²) in [4.78, 5) is 2.18. The van der Waals surface area contributed by atoms with Crippen molar-refractivity contribution in [3.63, 3.8) is 0 Å². The number of halogens is 1. The van der Waals surface area contributed by atoms with E-state index in [1.165, 1.54) is 11.1 Å². The highest BCUT2D eigenvalue weighted by Crippen LogP contribution is 2.41. The van der Waals surface area contributed by atoms with Crippen molar-refractivity contribution in [1.29, 1.82) is 5.41 Å². The number of nitrogens with zero attached hydrogens (tertiary/aromatic N) is 1. The fourth-order valence-electron chi connectivity index (χ4n) is 3.29. The summed E-state index contributed by atoms with van der Waals surface area (Å²) in [5.41, 5.74) is 2.18. The molecule has 2 aromatic rings. The molecule has 21 heavy (non-hydrogen) atoms. The van der Waals surface area contributed by atoms with Gasteiger partial charge >= 0.3 is 0 Å². The molecule has 1 fully saturated rings. The van der Waals surface area contributed by atoms with Gasteiger partial charge in [-0.15, -0.1) is 12.4 Å². The summed E-state index contributed by atoms with van der Waals surface area (Å²) in [5, 5.41) is 8.71. The van der Waals surface area contributed by atoms with Crippen molar-refractivity contribution in [2.24, 2.45) is 0 Å². The zero-order chi connectivity index (χ0) is 14.0. The van der Waals surface area contributed by atoms with Crippen LogP contribution in [0.15, 0.2) is 60.7 Å². The molecule has 110 valence electrons.